The highest BCUT2D eigenvalue weighted by Crippen LogP contribution is 2.34. The van der Waals surface area contributed by atoms with Crippen molar-refractivity contribution in [2.24, 2.45) is 0 Å². The van der Waals surface area contributed by atoms with E-state index < -0.39 is 0 Å². The molecule has 0 fully saturated rings. The number of aromatic hydroxyl groups is 1. The van der Waals surface area contributed by atoms with E-state index in [2.05, 4.69) is 26.0 Å². The summed E-state index contributed by atoms with van der Waals surface area (Å²) in [6.45, 7) is 4.33. The molecular weight excluding hydrogens is 196 g/mol. The van der Waals surface area contributed by atoms with Crippen LogP contribution in [0.4, 0.5) is 0 Å². The maximum absolute atomic E-state index is 9.87. The summed E-state index contributed by atoms with van der Waals surface area (Å²) in [6.07, 6.45) is 0. The van der Waals surface area contributed by atoms with Gasteiger partial charge in [0.2, 0.25) is 0 Å². The van der Waals surface area contributed by atoms with Gasteiger partial charge in [-0.1, -0.05) is 56.3 Å². The first-order valence-corrected chi connectivity index (χ1v) is 5.57. The summed E-state index contributed by atoms with van der Waals surface area (Å²) < 4.78 is 0. The standard InChI is InChI=1S/C15H16O/c1-11(2)12-7-3-4-8-13(12)14-9-5-6-10-15(14)16/h3-11,16H,1-2H3. The van der Waals surface area contributed by atoms with Crippen molar-refractivity contribution in [1.82, 2.24) is 0 Å². The molecule has 1 N–H and O–H groups in total. The summed E-state index contributed by atoms with van der Waals surface area (Å²) in [5.41, 5.74) is 3.30. The zero-order valence-corrected chi connectivity index (χ0v) is 9.64. The second-order valence-electron chi connectivity index (χ2n) is 4.26. The third-order valence-corrected chi connectivity index (χ3v) is 2.78. The Hall–Kier alpha value is -1.76. The van der Waals surface area contributed by atoms with Crippen molar-refractivity contribution in [2.75, 3.05) is 0 Å². The van der Waals surface area contributed by atoms with E-state index in [-0.39, 0.29) is 0 Å². The molecule has 2 aromatic carbocycles. The summed E-state index contributed by atoms with van der Waals surface area (Å²) in [5, 5.41) is 9.87. The molecule has 16 heavy (non-hydrogen) atoms. The first kappa shape index (κ1) is 10.7. The Morgan fingerprint density at radius 2 is 1.38 bits per heavy atom. The van der Waals surface area contributed by atoms with Gasteiger partial charge in [0.1, 0.15) is 5.75 Å². The second-order valence-corrected chi connectivity index (χ2v) is 4.26. The van der Waals surface area contributed by atoms with Crippen molar-refractivity contribution < 1.29 is 5.11 Å². The summed E-state index contributed by atoms with van der Waals surface area (Å²) in [4.78, 5) is 0. The van der Waals surface area contributed by atoms with Gasteiger partial charge in [0.05, 0.1) is 0 Å². The average molecular weight is 212 g/mol. The van der Waals surface area contributed by atoms with Crippen LogP contribution < -0.4 is 0 Å². The van der Waals surface area contributed by atoms with Crippen molar-refractivity contribution in [2.45, 2.75) is 19.8 Å². The highest BCUT2D eigenvalue weighted by Gasteiger charge is 2.10. The summed E-state index contributed by atoms with van der Waals surface area (Å²) in [6, 6.07) is 15.7. The van der Waals surface area contributed by atoms with Crippen LogP contribution in [0.1, 0.15) is 25.3 Å². The second kappa shape index (κ2) is 4.40. The highest BCUT2D eigenvalue weighted by molar-refractivity contribution is 5.73. The topological polar surface area (TPSA) is 20.2 Å². The molecule has 0 aromatic heterocycles. The smallest absolute Gasteiger partial charge is 0.123 e. The SMILES string of the molecule is CC(C)c1ccccc1-c1ccccc1O. The maximum atomic E-state index is 9.87. The van der Waals surface area contributed by atoms with Gasteiger partial charge in [0, 0.05) is 5.56 Å². The fraction of sp³-hybridized carbons (Fsp3) is 0.200. The summed E-state index contributed by atoms with van der Waals surface area (Å²) >= 11 is 0. The van der Waals surface area contributed by atoms with E-state index in [1.807, 2.05) is 30.3 Å². The Morgan fingerprint density at radius 3 is 2.00 bits per heavy atom. The fourth-order valence-corrected chi connectivity index (χ4v) is 1.95. The lowest BCUT2D eigenvalue weighted by atomic mass is 9.92. The van der Waals surface area contributed by atoms with Crippen LogP contribution in [0.3, 0.4) is 0 Å². The van der Waals surface area contributed by atoms with Gasteiger partial charge in [-0.3, -0.25) is 0 Å². The van der Waals surface area contributed by atoms with Gasteiger partial charge in [-0.25, -0.2) is 0 Å². The summed E-state index contributed by atoms with van der Waals surface area (Å²) in [5.74, 6) is 0.798. The molecule has 2 aromatic rings. The lowest BCUT2D eigenvalue weighted by Crippen LogP contribution is -1.91. The number of rotatable bonds is 2. The van der Waals surface area contributed by atoms with Gasteiger partial charge < -0.3 is 5.11 Å². The van der Waals surface area contributed by atoms with Crippen LogP contribution in [0.15, 0.2) is 48.5 Å². The van der Waals surface area contributed by atoms with E-state index >= 15 is 0 Å². The third-order valence-electron chi connectivity index (χ3n) is 2.78. The molecule has 0 aliphatic heterocycles. The minimum Gasteiger partial charge on any atom is -0.507 e. The van der Waals surface area contributed by atoms with Crippen LogP contribution in [0.2, 0.25) is 0 Å². The van der Waals surface area contributed by atoms with E-state index in [1.54, 1.807) is 6.07 Å². The molecule has 0 saturated heterocycles. The molecule has 0 amide bonds. The normalized spacial score (nSPS) is 10.7. The molecular formula is C15H16O. The lowest BCUT2D eigenvalue weighted by Gasteiger charge is -2.13. The van der Waals surface area contributed by atoms with Crippen LogP contribution >= 0.6 is 0 Å². The zero-order valence-electron chi connectivity index (χ0n) is 9.64. The van der Waals surface area contributed by atoms with Gasteiger partial charge in [-0.15, -0.1) is 0 Å². The minimum absolute atomic E-state index is 0.343. The zero-order chi connectivity index (χ0) is 11.5. The van der Waals surface area contributed by atoms with Crippen LogP contribution in [-0.4, -0.2) is 5.11 Å². The van der Waals surface area contributed by atoms with Crippen molar-refractivity contribution in [3.8, 4) is 16.9 Å². The van der Waals surface area contributed by atoms with E-state index in [0.717, 1.165) is 11.1 Å². The molecule has 0 radical (unpaired) electrons. The average Bonchev–Trinajstić information content (AvgIpc) is 2.29. The molecule has 0 atom stereocenters. The van der Waals surface area contributed by atoms with Crippen molar-refractivity contribution >= 4 is 0 Å². The predicted octanol–water partition coefficient (Wildman–Crippen LogP) is 4.18. The molecule has 0 spiro atoms. The Labute approximate surface area is 96.4 Å². The number of hydrogen-bond acceptors (Lipinski definition) is 1. The molecule has 0 aliphatic carbocycles. The van der Waals surface area contributed by atoms with Gasteiger partial charge in [-0.05, 0) is 23.1 Å². The number of phenols is 1. The fourth-order valence-electron chi connectivity index (χ4n) is 1.95. The quantitative estimate of drug-likeness (QED) is 0.791. The Balaban J connectivity index is 2.60. The van der Waals surface area contributed by atoms with E-state index in [0.29, 0.717) is 11.7 Å². The molecule has 1 heteroatoms. The largest absolute Gasteiger partial charge is 0.507 e. The molecule has 0 bridgehead atoms. The Kier molecular flexibility index (Phi) is 2.95. The van der Waals surface area contributed by atoms with E-state index in [9.17, 15) is 5.11 Å². The lowest BCUT2D eigenvalue weighted by molar-refractivity contribution is 0.477. The third kappa shape index (κ3) is 1.94. The molecule has 0 unspecified atom stereocenters. The molecule has 0 saturated carbocycles. The van der Waals surface area contributed by atoms with Gasteiger partial charge in [0.15, 0.2) is 0 Å². The van der Waals surface area contributed by atoms with Crippen molar-refractivity contribution in [1.29, 1.82) is 0 Å². The Morgan fingerprint density at radius 1 is 0.812 bits per heavy atom. The highest BCUT2D eigenvalue weighted by atomic mass is 16.3. The Bertz CT molecular complexity index is 486. The van der Waals surface area contributed by atoms with E-state index in [1.165, 1.54) is 5.56 Å². The van der Waals surface area contributed by atoms with Crippen LogP contribution in [0, 0.1) is 0 Å². The molecule has 2 rings (SSSR count). The number of benzene rings is 2. The summed E-state index contributed by atoms with van der Waals surface area (Å²) in [7, 11) is 0. The molecule has 0 heterocycles. The van der Waals surface area contributed by atoms with Crippen LogP contribution in [0.5, 0.6) is 5.75 Å². The minimum atomic E-state index is 0.343. The van der Waals surface area contributed by atoms with Crippen LogP contribution in [-0.2, 0) is 0 Å². The van der Waals surface area contributed by atoms with Crippen molar-refractivity contribution in [3.05, 3.63) is 54.1 Å². The maximum Gasteiger partial charge on any atom is 0.123 e. The first-order valence-electron chi connectivity index (χ1n) is 5.57. The van der Waals surface area contributed by atoms with E-state index in [4.69, 9.17) is 0 Å². The number of para-hydroxylation sites is 1. The van der Waals surface area contributed by atoms with Crippen molar-refractivity contribution in [3.63, 3.8) is 0 Å². The van der Waals surface area contributed by atoms with Gasteiger partial charge in [0.25, 0.3) is 0 Å². The van der Waals surface area contributed by atoms with Gasteiger partial charge in [-0.2, -0.15) is 0 Å². The predicted molar refractivity (Wildman–Crippen MR) is 67.6 cm³/mol. The molecule has 82 valence electrons. The molecule has 1 nitrogen and oxygen atoms in total. The number of phenolic OH excluding ortho intramolecular Hbond substituents is 1. The first-order chi connectivity index (χ1) is 7.70. The molecule has 0 aliphatic rings. The van der Waals surface area contributed by atoms with Crippen LogP contribution in [0.25, 0.3) is 11.1 Å². The number of hydrogen-bond donors (Lipinski definition) is 1. The monoisotopic (exact) mass is 212 g/mol. The van der Waals surface area contributed by atoms with Gasteiger partial charge >= 0.3 is 0 Å².